The zero-order chi connectivity index (χ0) is 29.3. The van der Waals surface area contributed by atoms with Crippen molar-refractivity contribution in [2.24, 2.45) is 0 Å². The molecule has 0 aromatic heterocycles. The number of amides is 3. The molecule has 10 nitrogen and oxygen atoms in total. The number of benzene rings is 1. The highest BCUT2D eigenvalue weighted by atomic mass is 16.5. The summed E-state index contributed by atoms with van der Waals surface area (Å²) in [5.74, 6) is -0.926. The van der Waals surface area contributed by atoms with Gasteiger partial charge in [0.05, 0.1) is 33.1 Å². The number of hydrogen-bond acceptors (Lipinski definition) is 7. The van der Waals surface area contributed by atoms with E-state index in [1.807, 2.05) is 11.1 Å². The molecule has 3 fully saturated rings. The largest absolute Gasteiger partial charge is 0.493 e. The molecular weight excluding hydrogens is 526 g/mol. The third-order valence-electron chi connectivity index (χ3n) is 9.05. The van der Waals surface area contributed by atoms with Crippen molar-refractivity contribution in [3.63, 3.8) is 0 Å². The minimum atomic E-state index is -0.788. The van der Waals surface area contributed by atoms with E-state index in [1.54, 1.807) is 4.90 Å². The lowest BCUT2D eigenvalue weighted by atomic mass is 9.84. The van der Waals surface area contributed by atoms with Crippen LogP contribution >= 0.6 is 0 Å². The van der Waals surface area contributed by atoms with Crippen LogP contribution in [-0.4, -0.2) is 83.7 Å². The fourth-order valence-electron chi connectivity index (χ4n) is 7.00. The Hall–Kier alpha value is -3.56. The van der Waals surface area contributed by atoms with Crippen molar-refractivity contribution in [2.45, 2.75) is 102 Å². The number of hydrogen-bond donors (Lipinski definition) is 0. The topological polar surface area (TPSA) is 106 Å². The Morgan fingerprint density at radius 2 is 1.51 bits per heavy atom. The van der Waals surface area contributed by atoms with Gasteiger partial charge in [0.2, 0.25) is 17.6 Å². The monoisotopic (exact) mass is 567 g/mol. The zero-order valence-corrected chi connectivity index (χ0v) is 24.5. The second-order valence-electron chi connectivity index (χ2n) is 11.4. The Morgan fingerprint density at radius 3 is 2.12 bits per heavy atom. The highest BCUT2D eigenvalue weighted by Gasteiger charge is 2.54. The van der Waals surface area contributed by atoms with E-state index in [2.05, 4.69) is 6.92 Å². The molecule has 222 valence electrons. The molecule has 4 aliphatic rings. The minimum Gasteiger partial charge on any atom is -0.493 e. The normalized spacial score (nSPS) is 24.2. The van der Waals surface area contributed by atoms with Crippen LogP contribution in [0, 0.1) is 0 Å². The molecule has 1 aromatic carbocycles. The SMILES string of the molecule is CCCCCC1C(=O)N(C2CCCC2)C=C2C3CCCC(C(=O)N21)N3C(=O)C(=O)c1cc(OC)c(OC)c(OC)c1. The van der Waals surface area contributed by atoms with E-state index in [1.165, 1.54) is 38.4 Å². The summed E-state index contributed by atoms with van der Waals surface area (Å²) in [5.41, 5.74) is 0.764. The maximum Gasteiger partial charge on any atom is 0.296 e. The second-order valence-corrected chi connectivity index (χ2v) is 11.4. The summed E-state index contributed by atoms with van der Waals surface area (Å²) in [7, 11) is 4.35. The van der Waals surface area contributed by atoms with E-state index >= 15 is 0 Å². The fourth-order valence-corrected chi connectivity index (χ4v) is 7.00. The third kappa shape index (κ3) is 5.06. The molecule has 3 aliphatic heterocycles. The molecule has 2 saturated heterocycles. The van der Waals surface area contributed by atoms with E-state index in [-0.39, 0.29) is 34.9 Å². The van der Waals surface area contributed by atoms with Crippen LogP contribution in [0.15, 0.2) is 24.0 Å². The molecule has 0 N–H and O–H groups in total. The van der Waals surface area contributed by atoms with Gasteiger partial charge in [-0.3, -0.25) is 24.1 Å². The van der Waals surface area contributed by atoms with E-state index in [4.69, 9.17) is 14.2 Å². The maximum atomic E-state index is 14.1. The lowest BCUT2D eigenvalue weighted by Crippen LogP contribution is -2.69. The van der Waals surface area contributed by atoms with Gasteiger partial charge in [-0.2, -0.15) is 0 Å². The molecule has 3 unspecified atom stereocenters. The number of unbranched alkanes of at least 4 members (excludes halogenated alkanes) is 2. The fraction of sp³-hybridized carbons (Fsp3) is 0.613. The minimum absolute atomic E-state index is 0.0172. The van der Waals surface area contributed by atoms with Gasteiger partial charge in [-0.25, -0.2) is 0 Å². The Kier molecular flexibility index (Phi) is 8.56. The smallest absolute Gasteiger partial charge is 0.296 e. The summed E-state index contributed by atoms with van der Waals surface area (Å²) in [6.07, 6.45) is 11.1. The number of carbonyl (C=O) groups excluding carboxylic acids is 4. The van der Waals surface area contributed by atoms with Gasteiger partial charge in [-0.05, 0) is 50.7 Å². The van der Waals surface area contributed by atoms with Crippen molar-refractivity contribution in [3.8, 4) is 17.2 Å². The van der Waals surface area contributed by atoms with Gasteiger partial charge in [0.1, 0.15) is 12.1 Å². The molecule has 0 radical (unpaired) electrons. The quantitative estimate of drug-likeness (QED) is 0.239. The first kappa shape index (κ1) is 29.0. The van der Waals surface area contributed by atoms with E-state index in [0.29, 0.717) is 30.7 Å². The number of fused-ring (bicyclic) bond motifs is 4. The van der Waals surface area contributed by atoms with E-state index in [9.17, 15) is 19.2 Å². The molecule has 5 rings (SSSR count). The molecule has 3 amide bonds. The summed E-state index contributed by atoms with van der Waals surface area (Å²) in [4.78, 5) is 60.6. The summed E-state index contributed by atoms with van der Waals surface area (Å²) in [6, 6.07) is 1.20. The summed E-state index contributed by atoms with van der Waals surface area (Å²) in [5, 5.41) is 0. The van der Waals surface area contributed by atoms with Gasteiger partial charge in [0, 0.05) is 17.8 Å². The Morgan fingerprint density at radius 1 is 0.854 bits per heavy atom. The molecule has 0 spiro atoms. The number of ether oxygens (including phenoxy) is 3. The van der Waals surface area contributed by atoms with Crippen LogP contribution in [0.2, 0.25) is 0 Å². The van der Waals surface area contributed by atoms with Crippen molar-refractivity contribution in [1.29, 1.82) is 0 Å². The standard InChI is InChI=1S/C31H41N3O7/c1-5-6-7-13-22-29(36)32(20-11-8-9-12-20)18-24-21-14-10-15-23(30(37)34(22)24)33(21)31(38)27(35)19-16-25(39-2)28(41-4)26(17-19)40-3/h16-18,20-23H,5-15H2,1-4H3. The molecule has 41 heavy (non-hydrogen) atoms. The predicted octanol–water partition coefficient (Wildman–Crippen LogP) is 4.06. The molecule has 1 saturated carbocycles. The van der Waals surface area contributed by atoms with E-state index < -0.39 is 29.8 Å². The molecule has 3 heterocycles. The lowest BCUT2D eigenvalue weighted by molar-refractivity contribution is -0.161. The predicted molar refractivity (Wildman–Crippen MR) is 151 cm³/mol. The molecule has 1 aliphatic carbocycles. The molecule has 10 heteroatoms. The maximum absolute atomic E-state index is 14.1. The van der Waals surface area contributed by atoms with Gasteiger partial charge >= 0.3 is 0 Å². The molecule has 2 bridgehead atoms. The van der Waals surface area contributed by atoms with E-state index in [0.717, 1.165) is 51.4 Å². The van der Waals surface area contributed by atoms with Crippen LogP contribution < -0.4 is 14.2 Å². The average Bonchev–Trinajstić information content (AvgIpc) is 3.53. The number of nitrogens with zero attached hydrogens (tertiary/aromatic N) is 3. The molecular formula is C31H41N3O7. The number of rotatable bonds is 10. The number of ketones is 1. The first-order valence-corrected chi connectivity index (χ1v) is 14.9. The molecule has 3 atom stereocenters. The van der Waals surface area contributed by atoms with Gasteiger partial charge < -0.3 is 24.0 Å². The van der Waals surface area contributed by atoms with Gasteiger partial charge in [0.15, 0.2) is 11.5 Å². The third-order valence-corrected chi connectivity index (χ3v) is 9.05. The van der Waals surface area contributed by atoms with Crippen LogP contribution in [0.3, 0.4) is 0 Å². The highest BCUT2D eigenvalue weighted by molar-refractivity contribution is 6.43. The van der Waals surface area contributed by atoms with Crippen molar-refractivity contribution in [3.05, 3.63) is 29.6 Å². The van der Waals surface area contributed by atoms with Gasteiger partial charge in [-0.1, -0.05) is 39.0 Å². The second kappa shape index (κ2) is 12.1. The van der Waals surface area contributed by atoms with Crippen LogP contribution in [-0.2, 0) is 14.4 Å². The summed E-state index contributed by atoms with van der Waals surface area (Å²) in [6.45, 7) is 2.11. The van der Waals surface area contributed by atoms with Crippen LogP contribution in [0.4, 0.5) is 0 Å². The average molecular weight is 568 g/mol. The number of piperazine rings is 1. The van der Waals surface area contributed by atoms with Crippen molar-refractivity contribution >= 4 is 23.5 Å². The van der Waals surface area contributed by atoms with Gasteiger partial charge in [-0.15, -0.1) is 0 Å². The summed E-state index contributed by atoms with van der Waals surface area (Å²) >= 11 is 0. The number of Topliss-reactive ketones (excluding diaryl/α,β-unsaturated/α-hetero) is 1. The Balaban J connectivity index is 1.52. The van der Waals surface area contributed by atoms with Crippen molar-refractivity contribution < 1.29 is 33.4 Å². The Bertz CT molecular complexity index is 1210. The van der Waals surface area contributed by atoms with Crippen LogP contribution in [0.25, 0.3) is 0 Å². The Labute approximate surface area is 241 Å². The first-order chi connectivity index (χ1) is 19.9. The number of carbonyl (C=O) groups is 4. The van der Waals surface area contributed by atoms with Gasteiger partial charge in [0.25, 0.3) is 11.7 Å². The zero-order valence-electron chi connectivity index (χ0n) is 24.5. The summed E-state index contributed by atoms with van der Waals surface area (Å²) < 4.78 is 16.1. The number of piperidine rings is 1. The van der Waals surface area contributed by atoms with Crippen LogP contribution in [0.1, 0.15) is 87.9 Å². The lowest BCUT2D eigenvalue weighted by Gasteiger charge is -2.54. The highest BCUT2D eigenvalue weighted by Crippen LogP contribution is 2.43. The van der Waals surface area contributed by atoms with Crippen molar-refractivity contribution in [2.75, 3.05) is 21.3 Å². The van der Waals surface area contributed by atoms with Crippen LogP contribution in [0.5, 0.6) is 17.2 Å². The first-order valence-electron chi connectivity index (χ1n) is 14.9. The number of methoxy groups -OCH3 is 3. The molecule has 1 aromatic rings. The van der Waals surface area contributed by atoms with Crippen molar-refractivity contribution in [1.82, 2.24) is 14.7 Å².